The highest BCUT2D eigenvalue weighted by Gasteiger charge is 2.36. The fourth-order valence-electron chi connectivity index (χ4n) is 3.31. The molecular formula is C20H31NO3Si. The molecule has 138 valence electrons. The highest BCUT2D eigenvalue weighted by atomic mass is 28.4. The van der Waals surface area contributed by atoms with Gasteiger partial charge in [0.2, 0.25) is 0 Å². The molecule has 4 nitrogen and oxygen atoms in total. The molecule has 0 atom stereocenters. The van der Waals surface area contributed by atoms with Crippen molar-refractivity contribution in [1.29, 1.82) is 0 Å². The molecule has 0 fully saturated rings. The first-order chi connectivity index (χ1) is 12.2. The van der Waals surface area contributed by atoms with Gasteiger partial charge in [0, 0.05) is 39.0 Å². The van der Waals surface area contributed by atoms with Crippen molar-refractivity contribution in [3.8, 4) is 0 Å². The van der Waals surface area contributed by atoms with Gasteiger partial charge in [-0.05, 0) is 37.0 Å². The third-order valence-corrected chi connectivity index (χ3v) is 7.68. The van der Waals surface area contributed by atoms with Crippen LogP contribution in [0.3, 0.4) is 0 Å². The standard InChI is InChI=1S/C20H31NO3Si/c1-22-25(23-2,24-3)17-9-7-5-4-6-8-12-18-13-10-15-20-19(18)14-11-16-21-20/h10-11,13-16H,4-9,12,17H2,1-3H3. The van der Waals surface area contributed by atoms with Crippen LogP contribution in [0, 0.1) is 0 Å². The smallest absolute Gasteiger partial charge is 0.377 e. The molecule has 0 radical (unpaired) electrons. The number of unbranched alkanes of at least 4 members (excludes halogenated alkanes) is 5. The second-order valence-electron chi connectivity index (χ2n) is 6.40. The fourth-order valence-corrected chi connectivity index (χ4v) is 5.10. The van der Waals surface area contributed by atoms with E-state index in [0.717, 1.165) is 24.4 Å². The summed E-state index contributed by atoms with van der Waals surface area (Å²) in [5, 5.41) is 1.30. The Balaban J connectivity index is 1.62. The average molecular weight is 362 g/mol. The molecule has 0 saturated carbocycles. The molecule has 2 aromatic rings. The predicted octanol–water partition coefficient (Wildman–Crippen LogP) is 5.00. The SMILES string of the molecule is CO[Si](CCCCCCCCc1cccc2ncccc12)(OC)OC. The zero-order valence-electron chi connectivity index (χ0n) is 15.8. The maximum absolute atomic E-state index is 5.45. The van der Waals surface area contributed by atoms with Gasteiger partial charge < -0.3 is 13.3 Å². The molecule has 25 heavy (non-hydrogen) atoms. The Morgan fingerprint density at radius 3 is 2.20 bits per heavy atom. The molecular weight excluding hydrogens is 330 g/mol. The quantitative estimate of drug-likeness (QED) is 0.394. The van der Waals surface area contributed by atoms with E-state index < -0.39 is 8.80 Å². The highest BCUT2D eigenvalue weighted by molar-refractivity contribution is 6.60. The van der Waals surface area contributed by atoms with Gasteiger partial charge in [-0.15, -0.1) is 0 Å². The lowest BCUT2D eigenvalue weighted by atomic mass is 10.0. The van der Waals surface area contributed by atoms with Crippen LogP contribution < -0.4 is 0 Å². The summed E-state index contributed by atoms with van der Waals surface area (Å²) in [5.74, 6) is 0. The van der Waals surface area contributed by atoms with Crippen LogP contribution in [-0.2, 0) is 19.7 Å². The summed E-state index contributed by atoms with van der Waals surface area (Å²) in [6.45, 7) is 0. The topological polar surface area (TPSA) is 40.6 Å². The van der Waals surface area contributed by atoms with E-state index in [1.807, 2.05) is 12.3 Å². The minimum atomic E-state index is -2.37. The largest absolute Gasteiger partial charge is 0.500 e. The van der Waals surface area contributed by atoms with E-state index in [4.69, 9.17) is 13.3 Å². The summed E-state index contributed by atoms with van der Waals surface area (Å²) in [5.41, 5.74) is 2.52. The molecule has 1 aromatic carbocycles. The van der Waals surface area contributed by atoms with Crippen LogP contribution in [0.2, 0.25) is 6.04 Å². The van der Waals surface area contributed by atoms with Gasteiger partial charge in [-0.2, -0.15) is 0 Å². The molecule has 0 amide bonds. The minimum absolute atomic E-state index is 0.902. The molecule has 1 aromatic heterocycles. The summed E-state index contributed by atoms with van der Waals surface area (Å²) in [6.07, 6.45) is 10.4. The minimum Gasteiger partial charge on any atom is -0.377 e. The average Bonchev–Trinajstić information content (AvgIpc) is 2.67. The molecule has 0 bridgehead atoms. The van der Waals surface area contributed by atoms with E-state index in [1.54, 1.807) is 21.3 Å². The summed E-state index contributed by atoms with van der Waals surface area (Å²) in [6, 6.07) is 11.5. The number of aryl methyl sites for hydroxylation is 1. The van der Waals surface area contributed by atoms with Crippen LogP contribution in [0.15, 0.2) is 36.5 Å². The lowest BCUT2D eigenvalue weighted by molar-refractivity contribution is 0.122. The maximum atomic E-state index is 5.45. The van der Waals surface area contributed by atoms with E-state index in [2.05, 4.69) is 29.2 Å². The van der Waals surface area contributed by atoms with Crippen molar-refractivity contribution in [3.05, 3.63) is 42.1 Å². The van der Waals surface area contributed by atoms with Crippen LogP contribution >= 0.6 is 0 Å². The number of aromatic nitrogens is 1. The molecule has 0 spiro atoms. The Kier molecular flexibility index (Phi) is 8.55. The lowest BCUT2D eigenvalue weighted by Crippen LogP contribution is -2.42. The number of nitrogens with zero attached hydrogens (tertiary/aromatic N) is 1. The van der Waals surface area contributed by atoms with Gasteiger partial charge in [0.15, 0.2) is 0 Å². The second-order valence-corrected chi connectivity index (χ2v) is 9.49. The van der Waals surface area contributed by atoms with E-state index >= 15 is 0 Å². The molecule has 0 aliphatic heterocycles. The van der Waals surface area contributed by atoms with Crippen LogP contribution in [-0.4, -0.2) is 35.1 Å². The van der Waals surface area contributed by atoms with Crippen molar-refractivity contribution < 1.29 is 13.3 Å². The Bertz CT molecular complexity index is 618. The molecule has 5 heteroatoms. The molecule has 2 rings (SSSR count). The van der Waals surface area contributed by atoms with E-state index in [-0.39, 0.29) is 0 Å². The van der Waals surface area contributed by atoms with Crippen molar-refractivity contribution in [3.63, 3.8) is 0 Å². The Hall–Kier alpha value is -1.27. The predicted molar refractivity (Wildman–Crippen MR) is 105 cm³/mol. The van der Waals surface area contributed by atoms with Gasteiger partial charge in [0.1, 0.15) is 0 Å². The normalized spacial score (nSPS) is 12.0. The van der Waals surface area contributed by atoms with Crippen molar-refractivity contribution in [2.24, 2.45) is 0 Å². The number of fused-ring (bicyclic) bond motifs is 1. The molecule has 1 heterocycles. The van der Waals surface area contributed by atoms with E-state index in [0.29, 0.717) is 0 Å². The summed E-state index contributed by atoms with van der Waals surface area (Å²) in [4.78, 5) is 4.43. The van der Waals surface area contributed by atoms with Crippen molar-refractivity contribution in [2.75, 3.05) is 21.3 Å². The molecule has 0 aliphatic carbocycles. The molecule has 0 unspecified atom stereocenters. The van der Waals surface area contributed by atoms with E-state index in [1.165, 1.54) is 43.1 Å². The summed E-state index contributed by atoms with van der Waals surface area (Å²) >= 11 is 0. The van der Waals surface area contributed by atoms with Gasteiger partial charge in [0.05, 0.1) is 5.52 Å². The third kappa shape index (κ3) is 5.89. The zero-order valence-corrected chi connectivity index (χ0v) is 16.8. The lowest BCUT2D eigenvalue weighted by Gasteiger charge is -2.24. The van der Waals surface area contributed by atoms with Crippen LogP contribution in [0.5, 0.6) is 0 Å². The van der Waals surface area contributed by atoms with Gasteiger partial charge in [-0.1, -0.05) is 43.9 Å². The molecule has 0 aliphatic rings. The first kappa shape index (κ1) is 20.0. The first-order valence-electron chi connectivity index (χ1n) is 9.23. The van der Waals surface area contributed by atoms with Gasteiger partial charge >= 0.3 is 8.80 Å². The maximum Gasteiger partial charge on any atom is 0.500 e. The summed E-state index contributed by atoms with van der Waals surface area (Å²) in [7, 11) is 2.68. The van der Waals surface area contributed by atoms with Crippen LogP contribution in [0.4, 0.5) is 0 Å². The molecule has 0 N–H and O–H groups in total. The second kappa shape index (κ2) is 10.7. The van der Waals surface area contributed by atoms with Gasteiger partial charge in [-0.25, -0.2) is 0 Å². The Morgan fingerprint density at radius 2 is 1.48 bits per heavy atom. The van der Waals surface area contributed by atoms with Crippen LogP contribution in [0.1, 0.15) is 44.1 Å². The third-order valence-electron chi connectivity index (χ3n) is 4.85. The highest BCUT2D eigenvalue weighted by Crippen LogP contribution is 2.20. The Morgan fingerprint density at radius 1 is 0.800 bits per heavy atom. The zero-order chi connectivity index (χ0) is 18.0. The van der Waals surface area contributed by atoms with Crippen molar-refractivity contribution >= 4 is 19.7 Å². The fraction of sp³-hybridized carbons (Fsp3) is 0.550. The number of pyridine rings is 1. The van der Waals surface area contributed by atoms with Crippen LogP contribution in [0.25, 0.3) is 10.9 Å². The van der Waals surface area contributed by atoms with Crippen molar-refractivity contribution in [1.82, 2.24) is 4.98 Å². The van der Waals surface area contributed by atoms with Gasteiger partial charge in [0.25, 0.3) is 0 Å². The first-order valence-corrected chi connectivity index (χ1v) is 11.2. The monoisotopic (exact) mass is 361 g/mol. The van der Waals surface area contributed by atoms with Gasteiger partial charge in [-0.3, -0.25) is 4.98 Å². The number of hydrogen-bond acceptors (Lipinski definition) is 4. The number of benzene rings is 1. The van der Waals surface area contributed by atoms with E-state index in [9.17, 15) is 0 Å². The number of hydrogen-bond donors (Lipinski definition) is 0. The number of rotatable bonds is 12. The summed E-state index contributed by atoms with van der Waals surface area (Å²) < 4.78 is 16.4. The van der Waals surface area contributed by atoms with Crippen molar-refractivity contribution in [2.45, 2.75) is 51.0 Å². The molecule has 0 saturated heterocycles. The Labute approximate surface area is 152 Å².